The van der Waals surface area contributed by atoms with Gasteiger partial charge in [-0.25, -0.2) is 0 Å². The highest BCUT2D eigenvalue weighted by Gasteiger charge is 2.33. The molecule has 0 amide bonds. The highest BCUT2D eigenvalue weighted by Crippen LogP contribution is 2.34. The normalized spacial score (nSPS) is 12.2. The molecule has 1 aromatic carbocycles. The maximum absolute atomic E-state index is 12.9. The lowest BCUT2D eigenvalue weighted by atomic mass is 9.95. The second-order valence-electron chi connectivity index (χ2n) is 5.37. The summed E-state index contributed by atoms with van der Waals surface area (Å²) in [5.41, 5.74) is 1.38. The first-order chi connectivity index (χ1) is 8.21. The van der Waals surface area contributed by atoms with E-state index in [9.17, 15) is 13.2 Å². The van der Waals surface area contributed by atoms with E-state index in [1.54, 1.807) is 6.92 Å². The van der Waals surface area contributed by atoms with E-state index in [0.717, 1.165) is 30.4 Å². The number of benzene rings is 1. The predicted octanol–water partition coefficient (Wildman–Crippen LogP) is 5.30. The van der Waals surface area contributed by atoms with E-state index < -0.39 is 11.7 Å². The Kier molecular flexibility index (Phi) is 4.83. The Morgan fingerprint density at radius 1 is 1.11 bits per heavy atom. The summed E-state index contributed by atoms with van der Waals surface area (Å²) in [6, 6.07) is 3.19. The summed E-state index contributed by atoms with van der Waals surface area (Å²) in [6.07, 6.45) is -1.53. The molecule has 0 unspecified atom stereocenters. The average Bonchev–Trinajstić information content (AvgIpc) is 2.20. The third-order valence-corrected chi connectivity index (χ3v) is 3.28. The summed E-state index contributed by atoms with van der Waals surface area (Å²) in [7, 11) is 0. The molecule has 0 heterocycles. The number of alkyl halides is 3. The Hall–Kier alpha value is -0.990. The van der Waals surface area contributed by atoms with Gasteiger partial charge in [-0.15, -0.1) is 0 Å². The van der Waals surface area contributed by atoms with Crippen LogP contribution in [0.1, 0.15) is 48.9 Å². The minimum absolute atomic E-state index is 0.343. The first kappa shape index (κ1) is 15.1. The summed E-state index contributed by atoms with van der Waals surface area (Å²) in [5.74, 6) is 0.596. The van der Waals surface area contributed by atoms with Crippen LogP contribution >= 0.6 is 0 Å². The van der Waals surface area contributed by atoms with Crippen LogP contribution in [0.2, 0.25) is 0 Å². The van der Waals surface area contributed by atoms with Gasteiger partial charge in [-0.2, -0.15) is 13.2 Å². The van der Waals surface area contributed by atoms with Crippen LogP contribution in [0.25, 0.3) is 0 Å². The smallest absolute Gasteiger partial charge is 0.166 e. The molecule has 0 saturated carbocycles. The van der Waals surface area contributed by atoms with Crippen LogP contribution in [0, 0.1) is 19.8 Å². The van der Waals surface area contributed by atoms with Gasteiger partial charge in [0, 0.05) is 0 Å². The van der Waals surface area contributed by atoms with Crippen molar-refractivity contribution >= 4 is 0 Å². The Morgan fingerprint density at radius 3 is 2.22 bits per heavy atom. The number of hydrogen-bond donors (Lipinski definition) is 0. The zero-order valence-electron chi connectivity index (χ0n) is 11.5. The monoisotopic (exact) mass is 258 g/mol. The van der Waals surface area contributed by atoms with E-state index in [-0.39, 0.29) is 0 Å². The van der Waals surface area contributed by atoms with Crippen molar-refractivity contribution in [1.29, 1.82) is 0 Å². The van der Waals surface area contributed by atoms with E-state index in [2.05, 4.69) is 13.8 Å². The summed E-state index contributed by atoms with van der Waals surface area (Å²) < 4.78 is 38.6. The van der Waals surface area contributed by atoms with E-state index in [1.165, 1.54) is 13.0 Å². The third-order valence-electron chi connectivity index (χ3n) is 3.28. The molecule has 1 rings (SSSR count). The van der Waals surface area contributed by atoms with Crippen molar-refractivity contribution < 1.29 is 13.2 Å². The lowest BCUT2D eigenvalue weighted by Crippen LogP contribution is -2.09. The molecule has 18 heavy (non-hydrogen) atoms. The Balaban J connectivity index is 2.91. The number of halogens is 3. The zero-order valence-corrected chi connectivity index (χ0v) is 11.5. The van der Waals surface area contributed by atoms with Crippen molar-refractivity contribution in [2.24, 2.45) is 5.92 Å². The van der Waals surface area contributed by atoms with Crippen LogP contribution in [-0.4, -0.2) is 0 Å². The summed E-state index contributed by atoms with van der Waals surface area (Å²) >= 11 is 0. The summed E-state index contributed by atoms with van der Waals surface area (Å²) in [5, 5.41) is 0. The van der Waals surface area contributed by atoms with Gasteiger partial charge in [0.2, 0.25) is 0 Å². The molecule has 0 aliphatic rings. The van der Waals surface area contributed by atoms with Gasteiger partial charge >= 0.3 is 6.18 Å². The van der Waals surface area contributed by atoms with Gasteiger partial charge in [0.25, 0.3) is 0 Å². The molecular weight excluding hydrogens is 237 g/mol. The predicted molar refractivity (Wildman–Crippen MR) is 68.7 cm³/mol. The topological polar surface area (TPSA) is 0 Å². The SMILES string of the molecule is Cc1cc(CCCC(C)C)cc(C(F)(F)F)c1C. The molecule has 0 atom stereocenters. The molecule has 0 fully saturated rings. The first-order valence-electron chi connectivity index (χ1n) is 6.39. The minimum Gasteiger partial charge on any atom is -0.166 e. The van der Waals surface area contributed by atoms with Gasteiger partial charge in [0.15, 0.2) is 0 Å². The molecule has 0 saturated heterocycles. The summed E-state index contributed by atoms with van der Waals surface area (Å²) in [6.45, 7) is 7.54. The Bertz CT molecular complexity index is 403. The first-order valence-corrected chi connectivity index (χ1v) is 6.39. The third kappa shape index (κ3) is 4.04. The van der Waals surface area contributed by atoms with Crippen LogP contribution in [0.5, 0.6) is 0 Å². The van der Waals surface area contributed by atoms with Crippen molar-refractivity contribution in [3.05, 3.63) is 34.4 Å². The Labute approximate surface area is 107 Å². The molecular formula is C15H21F3. The lowest BCUT2D eigenvalue weighted by molar-refractivity contribution is -0.138. The van der Waals surface area contributed by atoms with Gasteiger partial charge in [-0.05, 0) is 55.4 Å². The van der Waals surface area contributed by atoms with Gasteiger partial charge in [-0.3, -0.25) is 0 Å². The largest absolute Gasteiger partial charge is 0.416 e. The van der Waals surface area contributed by atoms with Crippen molar-refractivity contribution in [2.45, 2.75) is 53.1 Å². The van der Waals surface area contributed by atoms with Crippen LogP contribution in [-0.2, 0) is 12.6 Å². The quantitative estimate of drug-likeness (QED) is 0.687. The van der Waals surface area contributed by atoms with Crippen molar-refractivity contribution in [3.8, 4) is 0 Å². The lowest BCUT2D eigenvalue weighted by Gasteiger charge is -2.15. The molecule has 0 spiro atoms. The van der Waals surface area contributed by atoms with E-state index >= 15 is 0 Å². The van der Waals surface area contributed by atoms with Gasteiger partial charge in [-0.1, -0.05) is 26.3 Å². The highest BCUT2D eigenvalue weighted by molar-refractivity contribution is 5.39. The molecule has 0 aromatic heterocycles. The second-order valence-corrected chi connectivity index (χ2v) is 5.37. The van der Waals surface area contributed by atoms with Crippen molar-refractivity contribution in [3.63, 3.8) is 0 Å². The molecule has 1 aromatic rings. The molecule has 102 valence electrons. The number of rotatable bonds is 4. The molecule has 0 aliphatic heterocycles. The summed E-state index contributed by atoms with van der Waals surface area (Å²) in [4.78, 5) is 0. The van der Waals surface area contributed by atoms with Crippen LogP contribution < -0.4 is 0 Å². The van der Waals surface area contributed by atoms with Crippen molar-refractivity contribution in [2.75, 3.05) is 0 Å². The maximum Gasteiger partial charge on any atom is 0.416 e. The Morgan fingerprint density at radius 2 is 1.72 bits per heavy atom. The van der Waals surface area contributed by atoms with Crippen LogP contribution in [0.4, 0.5) is 13.2 Å². The molecule has 0 N–H and O–H groups in total. The fraction of sp³-hybridized carbons (Fsp3) is 0.600. The fourth-order valence-corrected chi connectivity index (χ4v) is 2.09. The van der Waals surface area contributed by atoms with Gasteiger partial charge < -0.3 is 0 Å². The average molecular weight is 258 g/mol. The van der Waals surface area contributed by atoms with Gasteiger partial charge in [0.05, 0.1) is 5.56 Å². The minimum atomic E-state index is -4.25. The molecule has 0 bridgehead atoms. The van der Waals surface area contributed by atoms with Crippen LogP contribution in [0.3, 0.4) is 0 Å². The van der Waals surface area contributed by atoms with Crippen LogP contribution in [0.15, 0.2) is 12.1 Å². The zero-order chi connectivity index (χ0) is 13.9. The number of aryl methyl sites for hydroxylation is 2. The maximum atomic E-state index is 12.9. The van der Waals surface area contributed by atoms with E-state index in [0.29, 0.717) is 11.5 Å². The highest BCUT2D eigenvalue weighted by atomic mass is 19.4. The fourth-order valence-electron chi connectivity index (χ4n) is 2.09. The van der Waals surface area contributed by atoms with Crippen molar-refractivity contribution in [1.82, 2.24) is 0 Å². The van der Waals surface area contributed by atoms with Gasteiger partial charge in [0.1, 0.15) is 0 Å². The molecule has 3 heteroatoms. The number of hydrogen-bond acceptors (Lipinski definition) is 0. The second kappa shape index (κ2) is 5.77. The molecule has 0 aliphatic carbocycles. The molecule has 0 radical (unpaired) electrons. The molecule has 0 nitrogen and oxygen atoms in total. The van der Waals surface area contributed by atoms with E-state index in [1.807, 2.05) is 6.07 Å². The standard InChI is InChI=1S/C15H21F3/c1-10(2)6-5-7-13-8-11(3)12(4)14(9-13)15(16,17)18/h8-10H,5-7H2,1-4H3. The van der Waals surface area contributed by atoms with E-state index in [4.69, 9.17) is 0 Å².